The van der Waals surface area contributed by atoms with E-state index >= 15 is 0 Å². The Labute approximate surface area is 408 Å². The van der Waals surface area contributed by atoms with Crippen molar-refractivity contribution in [2.75, 3.05) is 121 Å². The smallest absolute Gasteiger partial charge is 0.268 e. The van der Waals surface area contributed by atoms with E-state index in [1.807, 2.05) is 0 Å². The van der Waals surface area contributed by atoms with Crippen LogP contribution in [-0.2, 0) is 86.2 Å². The number of nitrogens with one attached hydrogen (secondary N) is 5. The molecular formula is C31H69N5O27P7-7. The summed E-state index contributed by atoms with van der Waals surface area (Å²) in [6, 6.07) is -3.19. The molecule has 0 aromatic rings. The molecule has 0 amide bonds. The van der Waals surface area contributed by atoms with E-state index in [0.717, 1.165) is 6.66 Å². The highest BCUT2D eigenvalue weighted by atomic mass is 31.2. The highest BCUT2D eigenvalue weighted by Crippen LogP contribution is 2.43. The molecule has 0 aliphatic heterocycles. The predicted molar refractivity (Wildman–Crippen MR) is 234 cm³/mol. The summed E-state index contributed by atoms with van der Waals surface area (Å²) in [5, 5.41) is 13.8. The predicted octanol–water partition coefficient (Wildman–Crippen LogP) is -2.77. The molecule has 0 rings (SSSR count). The zero-order valence-corrected chi connectivity index (χ0v) is 46.0. The summed E-state index contributed by atoms with van der Waals surface area (Å²) in [7, 11) is -25.6. The minimum absolute atomic E-state index is 0.115. The van der Waals surface area contributed by atoms with Crippen molar-refractivity contribution in [1.82, 2.24) is 26.6 Å². The lowest BCUT2D eigenvalue weighted by Crippen LogP contribution is -2.35. The fourth-order valence-electron chi connectivity index (χ4n) is 5.11. The molecule has 0 aliphatic carbocycles. The van der Waals surface area contributed by atoms with E-state index in [-0.39, 0.29) is 104 Å². The van der Waals surface area contributed by atoms with Gasteiger partial charge in [-0.3, -0.25) is 27.4 Å². The standard InChI is InChI=1S/C31H76N5O27P7/c1-32-27(11-8-16-54-67(44,45)61-23-29(34-3)13-10-18-56-69(48,49)63-26-31(36-5)25-58-65(39,40)41)21-59-66(42,43)53-15-7-12-28(33-2)22-60-68(46,47)55-17-9-14-30(35-4)24-62-70(50,51)57-20-19-52-64(6,37)38/h27-36H,7-26H2,1-6H3,(H,37,38)(H,42,43)(H,44,45)(H,46,47)(H,48,49)(H,50,51)(H2,39,40,41)/p-7. The number of phosphoric acid groups is 6. The maximum atomic E-state index is 12.4. The Morgan fingerprint density at radius 1 is 0.343 bits per heavy atom. The fraction of sp³-hybridized carbons (Fsp3) is 1.00. The SMILES string of the molecule is CNC(CCCOP(=O)([O-])OCC(CCCOP(=O)([O-])OCC(COP(=O)([O-])O)NC)NC)COP(=O)([O-])OCCCC(COP(=O)([O-])OCCCC(COP(=O)([O-])OCCOP(C)(=O)[O-])NC)NC. The van der Waals surface area contributed by atoms with E-state index < -0.39 is 111 Å². The minimum atomic E-state index is -5.03. The molecule has 0 saturated heterocycles. The molecule has 12 atom stereocenters. The van der Waals surface area contributed by atoms with Crippen molar-refractivity contribution in [3.8, 4) is 0 Å². The lowest BCUT2D eigenvalue weighted by molar-refractivity contribution is -0.229. The zero-order valence-electron chi connectivity index (χ0n) is 39.7. The van der Waals surface area contributed by atoms with Gasteiger partial charge in [-0.15, -0.1) is 0 Å². The number of hydrogen-bond donors (Lipinski definition) is 6. The molecule has 0 saturated carbocycles. The van der Waals surface area contributed by atoms with Crippen LogP contribution in [-0.4, -0.2) is 156 Å². The summed E-state index contributed by atoms with van der Waals surface area (Å²) < 4.78 is 139. The van der Waals surface area contributed by atoms with Crippen molar-refractivity contribution in [1.29, 1.82) is 0 Å². The molecule has 39 heteroatoms. The molecule has 0 aliphatic rings. The Morgan fingerprint density at radius 2 is 0.557 bits per heavy atom. The van der Waals surface area contributed by atoms with Crippen LogP contribution >= 0.6 is 54.5 Å². The highest BCUT2D eigenvalue weighted by Gasteiger charge is 2.21. The van der Waals surface area contributed by atoms with Gasteiger partial charge in [0.25, 0.3) is 46.9 Å². The first-order valence-electron chi connectivity index (χ1n) is 21.4. The highest BCUT2D eigenvalue weighted by molar-refractivity contribution is 7.50. The Kier molecular flexibility index (Phi) is 36.9. The van der Waals surface area contributed by atoms with Crippen molar-refractivity contribution in [3.63, 3.8) is 0 Å². The van der Waals surface area contributed by atoms with Gasteiger partial charge in [-0.05, 0) is 86.6 Å². The van der Waals surface area contributed by atoms with Crippen molar-refractivity contribution in [3.05, 3.63) is 0 Å². The summed E-state index contributed by atoms with van der Waals surface area (Å²) in [6.45, 7) is -4.25. The molecule has 0 spiro atoms. The van der Waals surface area contributed by atoms with Crippen LogP contribution in [0.2, 0.25) is 0 Å². The van der Waals surface area contributed by atoms with Crippen molar-refractivity contribution in [2.45, 2.75) is 81.6 Å². The molecule has 6 N–H and O–H groups in total. The summed E-state index contributed by atoms with van der Waals surface area (Å²) >= 11 is 0. The van der Waals surface area contributed by atoms with Crippen molar-refractivity contribution < 1.29 is 125 Å². The molecule has 0 aromatic heterocycles. The van der Waals surface area contributed by atoms with Gasteiger partial charge in [0, 0.05) is 30.8 Å². The van der Waals surface area contributed by atoms with Gasteiger partial charge in [0.05, 0.1) is 85.3 Å². The second-order valence-electron chi connectivity index (χ2n) is 14.7. The van der Waals surface area contributed by atoms with Gasteiger partial charge < -0.3 is 125 Å². The van der Waals surface area contributed by atoms with E-state index in [1.54, 1.807) is 0 Å². The number of phosphoric ester groups is 6. The Balaban J connectivity index is 4.45. The van der Waals surface area contributed by atoms with Gasteiger partial charge in [0.1, 0.15) is 7.60 Å². The molecule has 32 nitrogen and oxygen atoms in total. The van der Waals surface area contributed by atoms with E-state index in [1.165, 1.54) is 35.2 Å². The van der Waals surface area contributed by atoms with Crippen LogP contribution in [0.1, 0.15) is 51.4 Å². The topological polar surface area (TPSA) is 472 Å². The Bertz CT molecular complexity index is 1750. The van der Waals surface area contributed by atoms with Crippen LogP contribution < -0.4 is 60.8 Å². The van der Waals surface area contributed by atoms with Gasteiger partial charge in [-0.25, -0.2) is 0 Å². The molecule has 0 radical (unpaired) electrons. The van der Waals surface area contributed by atoms with Crippen LogP contribution in [0.3, 0.4) is 0 Å². The van der Waals surface area contributed by atoms with Crippen molar-refractivity contribution in [2.24, 2.45) is 0 Å². The second kappa shape index (κ2) is 36.6. The maximum Gasteiger partial charge on any atom is 0.268 e. The fourth-order valence-corrected chi connectivity index (χ4v) is 9.78. The number of hydrogen-bond acceptors (Lipinski definition) is 31. The molecule has 0 fully saturated rings. The number of rotatable bonds is 48. The van der Waals surface area contributed by atoms with Crippen LogP contribution in [0.5, 0.6) is 0 Å². The van der Waals surface area contributed by atoms with Crippen LogP contribution in [0.25, 0.3) is 0 Å². The average molecular weight is 1160 g/mol. The first-order chi connectivity index (χ1) is 32.4. The molecular weight excluding hydrogens is 1090 g/mol. The molecule has 70 heavy (non-hydrogen) atoms. The first-order valence-corrected chi connectivity index (χ1v) is 32.2. The summed E-state index contributed by atoms with van der Waals surface area (Å²) in [6.07, 6.45) is 1.34. The molecule has 0 bridgehead atoms. The first kappa shape index (κ1) is 70.6. The molecule has 12 unspecified atom stereocenters. The third kappa shape index (κ3) is 40.9. The quantitative estimate of drug-likeness (QED) is 0.0265. The Morgan fingerprint density at radius 3 is 0.786 bits per heavy atom. The largest absolute Gasteiger partial charge is 0.779 e. The van der Waals surface area contributed by atoms with Gasteiger partial charge in [-0.1, -0.05) is 0 Å². The summed E-state index contributed by atoms with van der Waals surface area (Å²) in [5.74, 6) is 0. The van der Waals surface area contributed by atoms with E-state index in [0.29, 0.717) is 0 Å². The van der Waals surface area contributed by atoms with E-state index in [2.05, 4.69) is 44.7 Å². The maximum absolute atomic E-state index is 12.4. The van der Waals surface area contributed by atoms with Crippen LogP contribution in [0, 0.1) is 0 Å². The lowest BCUT2D eigenvalue weighted by atomic mass is 10.2. The molecule has 0 heterocycles. The Hall–Kier alpha value is 0.610. The zero-order chi connectivity index (χ0) is 53.5. The van der Waals surface area contributed by atoms with E-state index in [4.69, 9.17) is 41.1 Å². The van der Waals surface area contributed by atoms with Gasteiger partial charge in [0.15, 0.2) is 0 Å². The third-order valence-corrected chi connectivity index (χ3v) is 15.0. The second-order valence-corrected chi connectivity index (χ2v) is 24.8. The lowest BCUT2D eigenvalue weighted by Gasteiger charge is -2.28. The molecule has 422 valence electrons. The minimum Gasteiger partial charge on any atom is -0.779 e. The monoisotopic (exact) mass is 1160 g/mol. The van der Waals surface area contributed by atoms with Crippen LogP contribution in [0.4, 0.5) is 0 Å². The van der Waals surface area contributed by atoms with Crippen molar-refractivity contribution >= 4 is 54.5 Å². The van der Waals surface area contributed by atoms with Gasteiger partial charge in [0.2, 0.25) is 0 Å². The molecule has 0 aromatic carbocycles. The number of likely N-dealkylation sites (N-methyl/N-ethyl adjacent to an activating group) is 5. The van der Waals surface area contributed by atoms with Gasteiger partial charge >= 0.3 is 0 Å². The van der Waals surface area contributed by atoms with Gasteiger partial charge in [-0.2, -0.15) is 0 Å². The van der Waals surface area contributed by atoms with Crippen LogP contribution in [0.15, 0.2) is 0 Å². The summed E-state index contributed by atoms with van der Waals surface area (Å²) in [4.78, 5) is 91.3. The third-order valence-electron chi connectivity index (χ3n) is 9.09. The summed E-state index contributed by atoms with van der Waals surface area (Å²) in [5.41, 5.74) is 0. The normalized spacial score (nSPS) is 20.6. The van der Waals surface area contributed by atoms with E-state index in [9.17, 15) is 66.2 Å². The average Bonchev–Trinajstić information content (AvgIpc) is 3.26.